The molecule has 0 radical (unpaired) electrons. The molecule has 0 rings (SSSR count). The van der Waals surface area contributed by atoms with Crippen molar-refractivity contribution in [1.82, 2.24) is 0 Å². The molecule has 0 unspecified atom stereocenters. The number of hydrogen-bond acceptors (Lipinski definition) is 10. The van der Waals surface area contributed by atoms with Gasteiger partial charge in [0.2, 0.25) is 0 Å². The number of aliphatic carboxylic acids is 6. The predicted octanol–water partition coefficient (Wildman–Crippen LogP) is -9.21. The molecule has 170 valence electrons. The molecule has 0 aliphatic rings. The van der Waals surface area contributed by atoms with E-state index in [-0.39, 0.29) is 59.1 Å². The maximum absolute atomic E-state index is 9.00. The van der Waals surface area contributed by atoms with Gasteiger partial charge in [-0.05, 0) is 13.8 Å². The Morgan fingerprint density at radius 3 is 0.567 bits per heavy atom. The summed E-state index contributed by atoms with van der Waals surface area (Å²) in [6.45, 7) is 7.47. The smallest absolute Gasteiger partial charge is 0.550 e. The van der Waals surface area contributed by atoms with Gasteiger partial charge in [0.05, 0.1) is 0 Å². The van der Waals surface area contributed by atoms with E-state index in [1.165, 1.54) is 0 Å². The molecule has 0 amide bonds. The van der Waals surface area contributed by atoms with Crippen LogP contribution in [-0.2, 0) is 28.8 Å². The number of carbonyl (C=O) groups excluding carboxylic acids is 2. The fourth-order valence-electron chi connectivity index (χ4n) is 0. The number of carboxylic acids is 6. The molecule has 0 aromatic rings. The predicted molar refractivity (Wildman–Crippen MR) is 92.7 cm³/mol. The van der Waals surface area contributed by atoms with Crippen molar-refractivity contribution in [1.29, 1.82) is 0 Å². The van der Waals surface area contributed by atoms with Crippen LogP contribution in [0.25, 0.3) is 0 Å². The van der Waals surface area contributed by atoms with Gasteiger partial charge in [-0.25, -0.2) is 0 Å². The van der Waals surface area contributed by atoms with E-state index in [9.17, 15) is 0 Å². The van der Waals surface area contributed by atoms with E-state index < -0.39 is 35.8 Å². The summed E-state index contributed by atoms with van der Waals surface area (Å²) in [5.74, 6) is -5.50. The summed E-state index contributed by atoms with van der Waals surface area (Å²) in [7, 11) is 0. The van der Waals surface area contributed by atoms with Crippen LogP contribution in [0.1, 0.15) is 41.5 Å². The van der Waals surface area contributed by atoms with Crippen LogP contribution in [0.5, 0.6) is 0 Å². The summed E-state index contributed by atoms with van der Waals surface area (Å²) in [5, 5.41) is 47.4. The molecule has 0 saturated heterocycles. The van der Waals surface area contributed by atoms with Crippen LogP contribution in [0.4, 0.5) is 0 Å². The first-order valence-corrected chi connectivity index (χ1v) is 6.84. The van der Waals surface area contributed by atoms with E-state index in [0.717, 1.165) is 41.5 Å². The van der Waals surface area contributed by atoms with Gasteiger partial charge < -0.3 is 51.7 Å². The van der Waals surface area contributed by atoms with Crippen LogP contribution in [-0.4, -0.2) is 69.3 Å². The summed E-state index contributed by atoms with van der Waals surface area (Å²) in [5.41, 5.74) is 9.81. The Morgan fingerprint density at radius 2 is 0.567 bits per heavy atom. The number of carbonyl (C=O) groups is 6. The van der Waals surface area contributed by atoms with Crippen molar-refractivity contribution in [2.24, 2.45) is 11.5 Å². The second kappa shape index (κ2) is 56.5. The minimum absolute atomic E-state index is 0. The average molecular weight is 464 g/mol. The summed E-state index contributed by atoms with van der Waals surface area (Å²) in [6.07, 6.45) is 0. The number of hydrogen-bond donors (Lipinski definition) is 6. The Morgan fingerprint density at radius 1 is 0.533 bits per heavy atom. The van der Waals surface area contributed by atoms with Gasteiger partial charge in [-0.1, -0.05) is 0 Å². The molecule has 0 aromatic heterocycles. The Hall–Kier alpha value is -1.26. The molecule has 14 nitrogen and oxygen atoms in total. The molecule has 0 atom stereocenters. The van der Waals surface area contributed by atoms with Crippen molar-refractivity contribution < 1.29 is 119 Å². The number of rotatable bonds is 1. The second-order valence-corrected chi connectivity index (χ2v) is 3.64. The fraction of sp³-hybridized carbons (Fsp3) is 0.571. The Kier molecular flexibility index (Phi) is 107. The molecule has 8 N–H and O–H groups in total. The van der Waals surface area contributed by atoms with Crippen molar-refractivity contribution in [3.8, 4) is 0 Å². The number of carboxylic acid groups (broad SMARTS) is 6. The van der Waals surface area contributed by atoms with Crippen LogP contribution in [0, 0.1) is 0 Å². The van der Waals surface area contributed by atoms with Gasteiger partial charge in [-0.15, -0.1) is 0 Å². The minimum Gasteiger partial charge on any atom is -0.550 e. The maximum atomic E-state index is 9.00. The number of nitrogens with two attached hydrogens (primary N) is 2. The Balaban J connectivity index is -0.0000000242. The van der Waals surface area contributed by atoms with E-state index >= 15 is 0 Å². The maximum Gasteiger partial charge on any atom is 1.00 e. The normalized spacial score (nSPS) is 6.00. The SMILES string of the molecule is CC(=O)O.CC(=O)O.CC(=O)O.CC(=O)O.CC(=O)[O-].CC(=O)[O-].NCCN.[Na+].[Na+]. The molecule has 16 heteroatoms. The van der Waals surface area contributed by atoms with Crippen molar-refractivity contribution in [3.05, 3.63) is 0 Å². The molecule has 0 spiro atoms. The van der Waals surface area contributed by atoms with Gasteiger partial charge in [0, 0.05) is 52.7 Å². The van der Waals surface area contributed by atoms with E-state index in [4.69, 9.17) is 70.9 Å². The molecule has 0 heterocycles. The van der Waals surface area contributed by atoms with Crippen LogP contribution in [0.2, 0.25) is 0 Å². The Labute approximate surface area is 219 Å². The fourth-order valence-corrected chi connectivity index (χ4v) is 0. The van der Waals surface area contributed by atoms with Gasteiger partial charge in [0.25, 0.3) is 23.9 Å². The van der Waals surface area contributed by atoms with Gasteiger partial charge in [0.15, 0.2) is 0 Å². The molecular formula is C14H30N2Na2O12. The average Bonchev–Trinajstić information content (AvgIpc) is 2.34. The van der Waals surface area contributed by atoms with Crippen molar-refractivity contribution in [3.63, 3.8) is 0 Å². The topological polar surface area (TPSA) is 282 Å². The van der Waals surface area contributed by atoms with Crippen LogP contribution < -0.4 is 80.8 Å². The zero-order chi connectivity index (χ0) is 24.9. The van der Waals surface area contributed by atoms with Crippen molar-refractivity contribution in [2.75, 3.05) is 13.1 Å². The van der Waals surface area contributed by atoms with Crippen LogP contribution in [0.3, 0.4) is 0 Å². The van der Waals surface area contributed by atoms with E-state index in [1.807, 2.05) is 0 Å². The van der Waals surface area contributed by atoms with E-state index in [1.54, 1.807) is 0 Å². The molecule has 0 aliphatic heterocycles. The van der Waals surface area contributed by atoms with Crippen LogP contribution >= 0.6 is 0 Å². The zero-order valence-corrected chi connectivity index (χ0v) is 22.6. The van der Waals surface area contributed by atoms with Gasteiger partial charge in [0.1, 0.15) is 0 Å². The molecule has 0 saturated carbocycles. The van der Waals surface area contributed by atoms with Gasteiger partial charge in [-0.2, -0.15) is 0 Å². The van der Waals surface area contributed by atoms with Crippen LogP contribution in [0.15, 0.2) is 0 Å². The third-order valence-corrected chi connectivity index (χ3v) is 0.167. The zero-order valence-electron chi connectivity index (χ0n) is 18.6. The molecule has 30 heavy (non-hydrogen) atoms. The largest absolute Gasteiger partial charge is 1.00 e. The van der Waals surface area contributed by atoms with E-state index in [0.29, 0.717) is 13.1 Å². The van der Waals surface area contributed by atoms with Gasteiger partial charge in [-0.3, -0.25) is 19.2 Å². The summed E-state index contributed by atoms with van der Waals surface area (Å²) in [6, 6.07) is 0. The minimum atomic E-state index is -1.08. The van der Waals surface area contributed by atoms with Crippen molar-refractivity contribution >= 4 is 35.8 Å². The second-order valence-electron chi connectivity index (χ2n) is 3.64. The van der Waals surface area contributed by atoms with E-state index in [2.05, 4.69) is 0 Å². The molecule has 0 aromatic carbocycles. The van der Waals surface area contributed by atoms with Gasteiger partial charge >= 0.3 is 59.1 Å². The summed E-state index contributed by atoms with van der Waals surface area (Å²) < 4.78 is 0. The standard InChI is InChI=1S/C2H8N2.6C2H4O2.2Na/c3-1-2-4;6*1-2(3)4;;/h1-4H2;6*1H3,(H,3,4);;/q;;;;;;;2*+1/p-2. The third-order valence-electron chi connectivity index (χ3n) is 0.167. The third kappa shape index (κ3) is 262000. The summed E-state index contributed by atoms with van der Waals surface area (Å²) >= 11 is 0. The first-order valence-electron chi connectivity index (χ1n) is 6.84. The summed E-state index contributed by atoms with van der Waals surface area (Å²) in [4.78, 5) is 53.8. The Bertz CT molecular complexity index is 303. The first-order chi connectivity index (χ1) is 12.3. The monoisotopic (exact) mass is 464 g/mol. The molecule has 0 bridgehead atoms. The first kappa shape index (κ1) is 56.8. The molecule has 0 fully saturated rings. The molecular weight excluding hydrogens is 434 g/mol. The molecule has 0 aliphatic carbocycles. The van der Waals surface area contributed by atoms with Crippen molar-refractivity contribution in [2.45, 2.75) is 41.5 Å². The quantitative estimate of drug-likeness (QED) is 0.196.